The van der Waals surface area contributed by atoms with Crippen molar-refractivity contribution in [2.45, 2.75) is 6.54 Å². The molecule has 9 heteroatoms. The zero-order valence-corrected chi connectivity index (χ0v) is 11.1. The molecule has 0 radical (unpaired) electrons. The molecule has 0 fully saturated rings. The Morgan fingerprint density at radius 2 is 2.10 bits per heavy atom. The predicted octanol–water partition coefficient (Wildman–Crippen LogP) is -0.0850. The van der Waals surface area contributed by atoms with E-state index in [0.29, 0.717) is 16.9 Å². The van der Waals surface area contributed by atoms with E-state index in [-0.39, 0.29) is 22.8 Å². The molecular formula is C11H9ClN6O2. The van der Waals surface area contributed by atoms with Gasteiger partial charge >= 0.3 is 0 Å². The molecule has 3 aromatic rings. The van der Waals surface area contributed by atoms with Crippen molar-refractivity contribution in [1.29, 1.82) is 0 Å². The molecule has 0 saturated carbocycles. The third-order valence-corrected chi connectivity index (χ3v) is 3.07. The van der Waals surface area contributed by atoms with Gasteiger partial charge in [0.25, 0.3) is 11.1 Å². The van der Waals surface area contributed by atoms with Crippen molar-refractivity contribution in [3.63, 3.8) is 0 Å². The molecule has 1 N–H and O–H groups in total. The lowest BCUT2D eigenvalue weighted by Crippen LogP contribution is -2.29. The van der Waals surface area contributed by atoms with Gasteiger partial charge in [-0.3, -0.25) is 19.4 Å². The lowest BCUT2D eigenvalue weighted by atomic mass is 10.4. The average molecular weight is 293 g/mol. The summed E-state index contributed by atoms with van der Waals surface area (Å²) in [6.45, 7) is 0.0236. The number of hydrogen-bond acceptors (Lipinski definition) is 5. The van der Waals surface area contributed by atoms with Gasteiger partial charge in [0.1, 0.15) is 11.7 Å². The van der Waals surface area contributed by atoms with E-state index in [9.17, 15) is 9.59 Å². The van der Waals surface area contributed by atoms with Crippen LogP contribution in [0, 0.1) is 0 Å². The average Bonchev–Trinajstić information content (AvgIpc) is 2.77. The maximum atomic E-state index is 11.6. The van der Waals surface area contributed by atoms with Crippen molar-refractivity contribution in [3.05, 3.63) is 50.0 Å². The van der Waals surface area contributed by atoms with Crippen molar-refractivity contribution in [2.75, 3.05) is 0 Å². The van der Waals surface area contributed by atoms with Crippen LogP contribution in [0.5, 0.6) is 0 Å². The molecule has 3 heterocycles. The van der Waals surface area contributed by atoms with Gasteiger partial charge in [-0.15, -0.1) is 0 Å². The van der Waals surface area contributed by atoms with E-state index < -0.39 is 0 Å². The molecule has 8 nitrogen and oxygen atoms in total. The van der Waals surface area contributed by atoms with Crippen molar-refractivity contribution in [3.8, 4) is 0 Å². The van der Waals surface area contributed by atoms with Crippen LogP contribution in [-0.4, -0.2) is 29.5 Å². The zero-order chi connectivity index (χ0) is 14.3. The Hall–Kier alpha value is -2.48. The highest BCUT2D eigenvalue weighted by Crippen LogP contribution is 2.19. The van der Waals surface area contributed by atoms with Crippen LogP contribution in [-0.2, 0) is 13.6 Å². The van der Waals surface area contributed by atoms with Crippen molar-refractivity contribution in [1.82, 2.24) is 29.5 Å². The molecule has 20 heavy (non-hydrogen) atoms. The van der Waals surface area contributed by atoms with Gasteiger partial charge in [0.15, 0.2) is 11.5 Å². The molecule has 0 amide bonds. The van der Waals surface area contributed by atoms with Crippen LogP contribution in [0.15, 0.2) is 27.9 Å². The fourth-order valence-corrected chi connectivity index (χ4v) is 2.05. The Kier molecular flexibility index (Phi) is 2.87. The quantitative estimate of drug-likeness (QED) is 0.666. The van der Waals surface area contributed by atoms with E-state index in [1.807, 2.05) is 0 Å². The highest BCUT2D eigenvalue weighted by molar-refractivity contribution is 6.33. The molecule has 0 atom stereocenters. The number of hydrogen-bond donors (Lipinski definition) is 1. The third kappa shape index (κ3) is 2.10. The summed E-state index contributed by atoms with van der Waals surface area (Å²) in [6.07, 6.45) is 1.57. The van der Waals surface area contributed by atoms with Gasteiger partial charge in [-0.1, -0.05) is 11.6 Å². The Morgan fingerprint density at radius 1 is 1.30 bits per heavy atom. The summed E-state index contributed by atoms with van der Waals surface area (Å²) in [5.41, 5.74) is -0.168. The van der Waals surface area contributed by atoms with Crippen LogP contribution in [0.3, 0.4) is 0 Å². The number of nitrogens with one attached hydrogen (secondary N) is 1. The van der Waals surface area contributed by atoms with E-state index >= 15 is 0 Å². The number of halogens is 1. The van der Waals surface area contributed by atoms with Crippen LogP contribution in [0.4, 0.5) is 0 Å². The molecule has 0 spiro atoms. The lowest BCUT2D eigenvalue weighted by molar-refractivity contribution is 0.605. The van der Waals surface area contributed by atoms with Gasteiger partial charge in [0.2, 0.25) is 0 Å². The van der Waals surface area contributed by atoms with E-state index in [1.165, 1.54) is 6.07 Å². The standard InChI is InChI=1S/C11H9ClN6O2/c1-17-11-6(4-13-17)10(12)14-7(15-11)5-18-9(20)3-2-8(19)16-18/h2-4H,5H2,1H3,(H,16,19). The minimum atomic E-state index is -0.377. The van der Waals surface area contributed by atoms with Crippen LogP contribution >= 0.6 is 11.6 Å². The minimum Gasteiger partial charge on any atom is -0.268 e. The summed E-state index contributed by atoms with van der Waals surface area (Å²) < 4.78 is 2.68. The second kappa shape index (κ2) is 4.57. The minimum absolute atomic E-state index is 0.0236. The van der Waals surface area contributed by atoms with E-state index in [2.05, 4.69) is 20.2 Å². The zero-order valence-electron chi connectivity index (χ0n) is 10.4. The Bertz CT molecular complexity index is 909. The molecule has 0 aliphatic heterocycles. The Morgan fingerprint density at radius 3 is 2.90 bits per heavy atom. The largest absolute Gasteiger partial charge is 0.268 e. The van der Waals surface area contributed by atoms with E-state index in [1.54, 1.807) is 17.9 Å². The number of H-pyrrole nitrogens is 1. The molecule has 3 aromatic heterocycles. The fourth-order valence-electron chi connectivity index (χ4n) is 1.82. The monoisotopic (exact) mass is 292 g/mol. The maximum absolute atomic E-state index is 11.6. The SMILES string of the molecule is Cn1ncc2c(Cl)nc(Cn3[nH]c(=O)ccc3=O)nc21. The van der Waals surface area contributed by atoms with Crippen molar-refractivity contribution >= 4 is 22.6 Å². The second-order valence-electron chi connectivity index (χ2n) is 4.17. The number of aryl methyl sites for hydroxylation is 1. The first-order chi connectivity index (χ1) is 9.54. The molecule has 0 unspecified atom stereocenters. The fraction of sp³-hybridized carbons (Fsp3) is 0.182. The Labute approximate surface area is 116 Å². The van der Waals surface area contributed by atoms with Gasteiger partial charge in [0, 0.05) is 19.2 Å². The third-order valence-electron chi connectivity index (χ3n) is 2.78. The van der Waals surface area contributed by atoms with Crippen LogP contribution in [0.1, 0.15) is 5.82 Å². The molecule has 102 valence electrons. The molecule has 0 aliphatic rings. The van der Waals surface area contributed by atoms with Gasteiger partial charge in [-0.2, -0.15) is 5.10 Å². The number of aromatic amines is 1. The van der Waals surface area contributed by atoms with E-state index in [0.717, 1.165) is 10.7 Å². The highest BCUT2D eigenvalue weighted by Gasteiger charge is 2.10. The number of aromatic nitrogens is 6. The number of fused-ring (bicyclic) bond motifs is 1. The molecule has 3 rings (SSSR count). The molecule has 0 aromatic carbocycles. The maximum Gasteiger partial charge on any atom is 0.265 e. The highest BCUT2D eigenvalue weighted by atomic mass is 35.5. The van der Waals surface area contributed by atoms with Gasteiger partial charge in [-0.25, -0.2) is 14.6 Å². The number of nitrogens with zero attached hydrogens (tertiary/aromatic N) is 5. The predicted molar refractivity (Wildman–Crippen MR) is 71.7 cm³/mol. The summed E-state index contributed by atoms with van der Waals surface area (Å²) in [5.74, 6) is 0.315. The molecule has 0 saturated heterocycles. The molecule has 0 aliphatic carbocycles. The normalized spacial score (nSPS) is 11.1. The molecular weight excluding hydrogens is 284 g/mol. The first-order valence-electron chi connectivity index (χ1n) is 5.69. The number of rotatable bonds is 2. The summed E-state index contributed by atoms with van der Waals surface area (Å²) in [6, 6.07) is 2.35. The van der Waals surface area contributed by atoms with Gasteiger partial charge in [0.05, 0.1) is 11.6 Å². The van der Waals surface area contributed by atoms with Gasteiger partial charge in [-0.05, 0) is 0 Å². The van der Waals surface area contributed by atoms with E-state index in [4.69, 9.17) is 11.6 Å². The first kappa shape index (κ1) is 12.5. The summed E-state index contributed by atoms with van der Waals surface area (Å²) >= 11 is 6.05. The first-order valence-corrected chi connectivity index (χ1v) is 6.06. The summed E-state index contributed by atoms with van der Waals surface area (Å²) in [4.78, 5) is 31.2. The van der Waals surface area contributed by atoms with Crippen molar-refractivity contribution in [2.24, 2.45) is 7.05 Å². The molecule has 0 bridgehead atoms. The van der Waals surface area contributed by atoms with Gasteiger partial charge < -0.3 is 0 Å². The Balaban J connectivity index is 2.11. The smallest absolute Gasteiger partial charge is 0.265 e. The lowest BCUT2D eigenvalue weighted by Gasteiger charge is -2.05. The van der Waals surface area contributed by atoms with Crippen LogP contribution in [0.25, 0.3) is 11.0 Å². The van der Waals surface area contributed by atoms with Crippen LogP contribution < -0.4 is 11.1 Å². The summed E-state index contributed by atoms with van der Waals surface area (Å²) in [5, 5.41) is 7.33. The second-order valence-corrected chi connectivity index (χ2v) is 4.53. The van der Waals surface area contributed by atoms with Crippen molar-refractivity contribution < 1.29 is 0 Å². The topological polar surface area (TPSA) is 98.5 Å². The summed E-state index contributed by atoms with van der Waals surface area (Å²) in [7, 11) is 1.73. The van der Waals surface area contributed by atoms with Crippen LogP contribution in [0.2, 0.25) is 5.15 Å².